The highest BCUT2D eigenvalue weighted by molar-refractivity contribution is 5.79. The second-order valence-electron chi connectivity index (χ2n) is 8.29. The van der Waals surface area contributed by atoms with Gasteiger partial charge in [0.25, 0.3) is 0 Å². The second-order valence-corrected chi connectivity index (χ2v) is 8.29. The number of methoxy groups -OCH3 is 3. The van der Waals surface area contributed by atoms with Gasteiger partial charge in [0.05, 0.1) is 26.7 Å². The molecule has 0 atom stereocenters. The van der Waals surface area contributed by atoms with Crippen LogP contribution in [0.2, 0.25) is 0 Å². The zero-order valence-corrected chi connectivity index (χ0v) is 20.4. The number of phenolic OH excluding ortho intramolecular Hbond substituents is 4. The summed E-state index contributed by atoms with van der Waals surface area (Å²) in [4.78, 5) is 11.8. The summed E-state index contributed by atoms with van der Waals surface area (Å²) < 4.78 is 16.3. The van der Waals surface area contributed by atoms with E-state index in [0.717, 1.165) is 0 Å². The van der Waals surface area contributed by atoms with E-state index < -0.39 is 5.41 Å². The second kappa shape index (κ2) is 10.0. The first-order chi connectivity index (χ1) is 17.8. The fraction of sp³-hybridized carbons (Fsp3) is 0.138. The third-order valence-electron chi connectivity index (χ3n) is 6.38. The van der Waals surface area contributed by atoms with E-state index in [1.807, 2.05) is 0 Å². The number of hydrogen-bond donors (Lipinski definition) is 4. The van der Waals surface area contributed by atoms with Gasteiger partial charge < -0.3 is 34.6 Å². The minimum absolute atomic E-state index is 0.0905. The monoisotopic (exact) mass is 502 g/mol. The van der Waals surface area contributed by atoms with Gasteiger partial charge in [0.15, 0.2) is 0 Å². The number of benzene rings is 4. The molecule has 0 aliphatic rings. The molecule has 4 aromatic rings. The van der Waals surface area contributed by atoms with Gasteiger partial charge in [0.1, 0.15) is 46.5 Å². The van der Waals surface area contributed by atoms with Gasteiger partial charge >= 0.3 is 0 Å². The number of ether oxygens (including phenoxy) is 3. The Kier molecular flexibility index (Phi) is 6.84. The van der Waals surface area contributed by atoms with E-state index in [1.54, 1.807) is 18.2 Å². The molecule has 8 nitrogen and oxygen atoms in total. The van der Waals surface area contributed by atoms with Gasteiger partial charge in [-0.15, -0.1) is 0 Å². The summed E-state index contributed by atoms with van der Waals surface area (Å²) >= 11 is 0. The molecular weight excluding hydrogens is 476 g/mol. The summed E-state index contributed by atoms with van der Waals surface area (Å²) in [5.41, 5.74) is -1.09. The van der Waals surface area contributed by atoms with Gasteiger partial charge in [-0.25, -0.2) is 0 Å². The zero-order valence-electron chi connectivity index (χ0n) is 20.4. The van der Waals surface area contributed by atoms with Crippen LogP contribution in [-0.4, -0.2) is 48.0 Å². The lowest BCUT2D eigenvalue weighted by molar-refractivity contribution is 0.112. The maximum atomic E-state index is 11.8. The smallest absolute Gasteiger partial charge is 0.150 e. The number of carbonyl (C=O) groups is 1. The molecular formula is C29H26O8. The molecule has 0 amide bonds. The average molecular weight is 503 g/mol. The Bertz CT molecular complexity index is 1330. The molecule has 0 radical (unpaired) electrons. The summed E-state index contributed by atoms with van der Waals surface area (Å²) in [6.45, 7) is 0. The van der Waals surface area contributed by atoms with Crippen molar-refractivity contribution in [1.29, 1.82) is 0 Å². The normalized spacial score (nSPS) is 11.1. The van der Waals surface area contributed by atoms with Crippen molar-refractivity contribution in [2.24, 2.45) is 0 Å². The van der Waals surface area contributed by atoms with Gasteiger partial charge in [-0.2, -0.15) is 0 Å². The Balaban J connectivity index is 2.36. The van der Waals surface area contributed by atoms with Crippen molar-refractivity contribution in [1.82, 2.24) is 0 Å². The fourth-order valence-electron chi connectivity index (χ4n) is 4.63. The van der Waals surface area contributed by atoms with Gasteiger partial charge in [-0.1, -0.05) is 0 Å². The number of rotatable bonds is 8. The molecule has 0 saturated heterocycles. The third kappa shape index (κ3) is 4.23. The Morgan fingerprint density at radius 1 is 0.541 bits per heavy atom. The number of aromatic hydroxyl groups is 4. The zero-order chi connectivity index (χ0) is 26.7. The van der Waals surface area contributed by atoms with E-state index in [2.05, 4.69) is 0 Å². The van der Waals surface area contributed by atoms with Crippen LogP contribution in [0.1, 0.15) is 32.6 Å². The van der Waals surface area contributed by atoms with Crippen molar-refractivity contribution >= 4 is 6.29 Å². The van der Waals surface area contributed by atoms with Gasteiger partial charge in [0.2, 0.25) is 0 Å². The summed E-state index contributed by atoms with van der Waals surface area (Å²) in [7, 11) is 4.36. The molecule has 190 valence electrons. The Hall–Kier alpha value is -4.85. The Labute approximate surface area is 213 Å². The molecule has 0 spiro atoms. The van der Waals surface area contributed by atoms with Crippen molar-refractivity contribution in [3.63, 3.8) is 0 Å². The first kappa shape index (κ1) is 25.2. The van der Waals surface area contributed by atoms with E-state index >= 15 is 0 Å². The molecule has 0 aromatic heterocycles. The van der Waals surface area contributed by atoms with Crippen LogP contribution in [0.25, 0.3) is 0 Å². The predicted molar refractivity (Wildman–Crippen MR) is 136 cm³/mol. The van der Waals surface area contributed by atoms with Crippen LogP contribution in [0, 0.1) is 0 Å². The van der Waals surface area contributed by atoms with Gasteiger partial charge in [-0.05, 0) is 72.8 Å². The quantitative estimate of drug-likeness (QED) is 0.201. The molecule has 4 rings (SSSR count). The maximum absolute atomic E-state index is 11.8. The molecule has 4 aromatic carbocycles. The number of phenols is 4. The summed E-state index contributed by atoms with van der Waals surface area (Å²) in [5.74, 6) is 0.0923. The molecule has 0 unspecified atom stereocenters. The largest absolute Gasteiger partial charge is 0.508 e. The van der Waals surface area contributed by atoms with Crippen LogP contribution >= 0.6 is 0 Å². The topological polar surface area (TPSA) is 126 Å². The standard InChI is InChI=1S/C29H26O8/c1-35-18-5-9-26(32)22(13-18)29(21-12-17(16-30)4-8-25(21)31,23-14-19(36-2)6-10-27(23)33)24-15-20(37-3)7-11-28(24)34/h4-16,31-34H,1-3H3. The van der Waals surface area contributed by atoms with Crippen LogP contribution in [-0.2, 0) is 5.41 Å². The molecule has 0 aliphatic carbocycles. The summed E-state index contributed by atoms with van der Waals surface area (Å²) in [5, 5.41) is 45.1. The van der Waals surface area contributed by atoms with Crippen LogP contribution in [0.15, 0.2) is 72.8 Å². The van der Waals surface area contributed by atoms with Gasteiger partial charge in [0, 0.05) is 27.8 Å². The Morgan fingerprint density at radius 2 is 0.865 bits per heavy atom. The highest BCUT2D eigenvalue weighted by Gasteiger charge is 2.46. The minimum atomic E-state index is -1.81. The highest BCUT2D eigenvalue weighted by Crippen LogP contribution is 2.56. The SMILES string of the molecule is COc1ccc(O)c(C(c2cc(C=O)ccc2O)(c2cc(OC)ccc2O)c2cc(OC)ccc2O)c1. The van der Waals surface area contributed by atoms with Crippen LogP contribution in [0.4, 0.5) is 0 Å². The first-order valence-corrected chi connectivity index (χ1v) is 11.2. The molecule has 0 aliphatic heterocycles. The van der Waals surface area contributed by atoms with Crippen molar-refractivity contribution in [2.45, 2.75) is 5.41 Å². The van der Waals surface area contributed by atoms with Crippen LogP contribution in [0.3, 0.4) is 0 Å². The molecule has 0 bridgehead atoms. The molecule has 0 saturated carbocycles. The van der Waals surface area contributed by atoms with Crippen molar-refractivity contribution < 1.29 is 39.4 Å². The third-order valence-corrected chi connectivity index (χ3v) is 6.38. The van der Waals surface area contributed by atoms with E-state index in [1.165, 1.54) is 75.9 Å². The lowest BCUT2D eigenvalue weighted by atomic mass is 9.63. The molecule has 8 heteroatoms. The van der Waals surface area contributed by atoms with E-state index in [4.69, 9.17) is 14.2 Å². The lowest BCUT2D eigenvalue weighted by Gasteiger charge is -2.38. The van der Waals surface area contributed by atoms with E-state index in [-0.39, 0.29) is 50.8 Å². The molecule has 4 N–H and O–H groups in total. The van der Waals surface area contributed by atoms with E-state index in [0.29, 0.717) is 23.5 Å². The lowest BCUT2D eigenvalue weighted by Crippen LogP contribution is -2.32. The van der Waals surface area contributed by atoms with Crippen LogP contribution in [0.5, 0.6) is 40.2 Å². The molecule has 37 heavy (non-hydrogen) atoms. The number of hydrogen-bond acceptors (Lipinski definition) is 8. The predicted octanol–water partition coefficient (Wildman–Crippen LogP) is 4.73. The van der Waals surface area contributed by atoms with Crippen molar-refractivity contribution in [2.75, 3.05) is 21.3 Å². The highest BCUT2D eigenvalue weighted by atomic mass is 16.5. The number of carbonyl (C=O) groups excluding carboxylic acids is 1. The fourth-order valence-corrected chi connectivity index (χ4v) is 4.63. The molecule has 0 heterocycles. The average Bonchev–Trinajstić information content (AvgIpc) is 2.92. The van der Waals surface area contributed by atoms with Gasteiger partial charge in [-0.3, -0.25) is 4.79 Å². The Morgan fingerprint density at radius 3 is 1.19 bits per heavy atom. The van der Waals surface area contributed by atoms with E-state index in [9.17, 15) is 25.2 Å². The number of aldehydes is 1. The summed E-state index contributed by atoms with van der Waals surface area (Å²) in [6.07, 6.45) is 0.607. The van der Waals surface area contributed by atoms with Crippen molar-refractivity contribution in [3.05, 3.63) is 101 Å². The van der Waals surface area contributed by atoms with Crippen LogP contribution < -0.4 is 14.2 Å². The maximum Gasteiger partial charge on any atom is 0.150 e. The molecule has 0 fully saturated rings. The first-order valence-electron chi connectivity index (χ1n) is 11.2. The minimum Gasteiger partial charge on any atom is -0.508 e. The summed E-state index contributed by atoms with van der Waals surface area (Å²) in [6, 6.07) is 17.6. The van der Waals surface area contributed by atoms with Crippen molar-refractivity contribution in [3.8, 4) is 40.2 Å².